The minimum atomic E-state index is 0.348. The predicted molar refractivity (Wildman–Crippen MR) is 123 cm³/mol. The van der Waals surface area contributed by atoms with Gasteiger partial charge in [0.2, 0.25) is 5.95 Å². The van der Waals surface area contributed by atoms with Crippen molar-refractivity contribution in [3.63, 3.8) is 0 Å². The average molecular weight is 415 g/mol. The fraction of sp³-hybridized carbons (Fsp3) is 0.292. The first kappa shape index (κ1) is 19.4. The molecule has 0 atom stereocenters. The van der Waals surface area contributed by atoms with Crippen molar-refractivity contribution in [1.29, 1.82) is 0 Å². The molecule has 2 heterocycles. The van der Waals surface area contributed by atoms with E-state index in [-0.39, 0.29) is 0 Å². The summed E-state index contributed by atoms with van der Waals surface area (Å²) in [6, 6.07) is 14.0. The number of H-pyrrole nitrogens is 1. The highest BCUT2D eigenvalue weighted by molar-refractivity contribution is 5.92. The van der Waals surface area contributed by atoms with E-state index in [9.17, 15) is 0 Å². The molecule has 7 nitrogen and oxygen atoms in total. The van der Waals surface area contributed by atoms with Crippen LogP contribution in [0.2, 0.25) is 0 Å². The lowest BCUT2D eigenvalue weighted by Crippen LogP contribution is -2.19. The molecule has 0 spiro atoms. The van der Waals surface area contributed by atoms with Crippen molar-refractivity contribution < 1.29 is 4.74 Å². The largest absolute Gasteiger partial charge is 0.490 e. The van der Waals surface area contributed by atoms with Gasteiger partial charge < -0.3 is 15.4 Å². The van der Waals surface area contributed by atoms with Crippen molar-refractivity contribution >= 4 is 34.0 Å². The van der Waals surface area contributed by atoms with Gasteiger partial charge in [0.05, 0.1) is 23.5 Å². The second-order valence-electron chi connectivity index (χ2n) is 8.01. The fourth-order valence-electron chi connectivity index (χ4n) is 3.95. The summed E-state index contributed by atoms with van der Waals surface area (Å²) in [5.41, 5.74) is 3.80. The maximum Gasteiger partial charge on any atom is 0.229 e. The van der Waals surface area contributed by atoms with Gasteiger partial charge in [0, 0.05) is 22.8 Å². The molecule has 1 fully saturated rings. The Bertz CT molecular complexity index is 1160. The van der Waals surface area contributed by atoms with E-state index in [4.69, 9.17) is 4.74 Å². The minimum Gasteiger partial charge on any atom is -0.490 e. The first-order valence-electron chi connectivity index (χ1n) is 10.8. The number of hydrogen-bond acceptors (Lipinski definition) is 6. The molecular formula is C24H26N6O. The SMILES string of the molecule is Cc1cnc(Nc2ccc(OC3CCCCC3)cc2)nc1Nc1cccc2[nH]ncc12. The maximum atomic E-state index is 6.11. The number of benzene rings is 2. The van der Waals surface area contributed by atoms with Crippen LogP contribution in [0.4, 0.5) is 23.1 Å². The van der Waals surface area contributed by atoms with Crippen molar-refractivity contribution in [2.24, 2.45) is 0 Å². The number of fused-ring (bicyclic) bond motifs is 1. The van der Waals surface area contributed by atoms with Gasteiger partial charge in [0.25, 0.3) is 0 Å². The highest BCUT2D eigenvalue weighted by Crippen LogP contribution is 2.27. The van der Waals surface area contributed by atoms with Crippen molar-refractivity contribution in [2.75, 3.05) is 10.6 Å². The Balaban J connectivity index is 1.29. The molecule has 0 unspecified atom stereocenters. The van der Waals surface area contributed by atoms with Crippen LogP contribution in [-0.4, -0.2) is 26.3 Å². The van der Waals surface area contributed by atoms with E-state index in [0.29, 0.717) is 12.1 Å². The van der Waals surface area contributed by atoms with Crippen LogP contribution in [0.1, 0.15) is 37.7 Å². The molecule has 1 aliphatic rings. The summed E-state index contributed by atoms with van der Waals surface area (Å²) in [7, 11) is 0. The molecule has 2 aromatic heterocycles. The van der Waals surface area contributed by atoms with Crippen LogP contribution in [0, 0.1) is 6.92 Å². The molecule has 158 valence electrons. The fourth-order valence-corrected chi connectivity index (χ4v) is 3.95. The molecule has 2 aromatic carbocycles. The molecule has 4 aromatic rings. The van der Waals surface area contributed by atoms with Crippen LogP contribution < -0.4 is 15.4 Å². The number of aryl methyl sites for hydroxylation is 1. The molecule has 0 saturated heterocycles. The van der Waals surface area contributed by atoms with E-state index < -0.39 is 0 Å². The lowest BCUT2D eigenvalue weighted by molar-refractivity contribution is 0.155. The number of nitrogens with one attached hydrogen (secondary N) is 3. The highest BCUT2D eigenvalue weighted by Gasteiger charge is 2.14. The predicted octanol–water partition coefficient (Wildman–Crippen LogP) is 5.86. The van der Waals surface area contributed by atoms with Crippen molar-refractivity contribution in [3.05, 3.63) is 60.4 Å². The third-order valence-electron chi connectivity index (χ3n) is 5.67. The van der Waals surface area contributed by atoms with Gasteiger partial charge in [-0.2, -0.15) is 10.1 Å². The molecule has 5 rings (SSSR count). The third-order valence-corrected chi connectivity index (χ3v) is 5.67. The Labute approximate surface area is 181 Å². The van der Waals surface area contributed by atoms with E-state index in [1.54, 1.807) is 0 Å². The van der Waals surface area contributed by atoms with Gasteiger partial charge in [-0.1, -0.05) is 12.5 Å². The van der Waals surface area contributed by atoms with E-state index in [0.717, 1.165) is 52.3 Å². The Morgan fingerprint density at radius 1 is 0.968 bits per heavy atom. The second kappa shape index (κ2) is 8.63. The number of ether oxygens (including phenoxy) is 1. The van der Waals surface area contributed by atoms with E-state index in [1.165, 1.54) is 19.3 Å². The maximum absolute atomic E-state index is 6.11. The number of aromatic nitrogens is 4. The summed E-state index contributed by atoms with van der Waals surface area (Å²) < 4.78 is 6.11. The molecule has 0 bridgehead atoms. The molecule has 0 amide bonds. The van der Waals surface area contributed by atoms with Gasteiger partial charge in [0.1, 0.15) is 11.6 Å². The zero-order chi connectivity index (χ0) is 21.0. The summed E-state index contributed by atoms with van der Waals surface area (Å²) in [5.74, 6) is 2.20. The second-order valence-corrected chi connectivity index (χ2v) is 8.01. The molecule has 1 saturated carbocycles. The van der Waals surface area contributed by atoms with Crippen LogP contribution in [-0.2, 0) is 0 Å². The summed E-state index contributed by atoms with van der Waals surface area (Å²) in [4.78, 5) is 9.11. The van der Waals surface area contributed by atoms with Crippen LogP contribution in [0.5, 0.6) is 5.75 Å². The Morgan fingerprint density at radius 2 is 1.81 bits per heavy atom. The van der Waals surface area contributed by atoms with Gasteiger partial charge in [0.15, 0.2) is 0 Å². The van der Waals surface area contributed by atoms with Crippen molar-refractivity contribution in [2.45, 2.75) is 45.1 Å². The lowest BCUT2D eigenvalue weighted by atomic mass is 9.98. The monoisotopic (exact) mass is 414 g/mol. The third kappa shape index (κ3) is 4.45. The molecular weight excluding hydrogens is 388 g/mol. The molecule has 7 heteroatoms. The molecule has 0 radical (unpaired) electrons. The summed E-state index contributed by atoms with van der Waals surface area (Å²) in [5, 5.41) is 14.8. The molecule has 3 N–H and O–H groups in total. The topological polar surface area (TPSA) is 87.8 Å². The number of rotatable bonds is 6. The van der Waals surface area contributed by atoms with Gasteiger partial charge in [-0.25, -0.2) is 4.98 Å². The summed E-state index contributed by atoms with van der Waals surface area (Å²) >= 11 is 0. The first-order chi connectivity index (χ1) is 15.2. The van der Waals surface area contributed by atoms with E-state index in [1.807, 2.05) is 61.8 Å². The van der Waals surface area contributed by atoms with Crippen molar-refractivity contribution in [3.8, 4) is 5.75 Å². The van der Waals surface area contributed by atoms with Crippen LogP contribution in [0.15, 0.2) is 54.9 Å². The summed E-state index contributed by atoms with van der Waals surface area (Å²) in [6.45, 7) is 1.99. The standard InChI is InChI=1S/C24H26N6O/c1-16-14-25-24(29-23(16)28-21-8-5-9-22-20(21)15-26-30-22)27-17-10-12-19(13-11-17)31-18-6-3-2-4-7-18/h5,8-15,18H,2-4,6-7H2,1H3,(H,26,30)(H2,25,27,28,29). The normalized spacial score (nSPS) is 14.5. The van der Waals surface area contributed by atoms with E-state index in [2.05, 4.69) is 30.8 Å². The Hall–Kier alpha value is -3.61. The van der Waals surface area contributed by atoms with Gasteiger partial charge >= 0.3 is 0 Å². The molecule has 31 heavy (non-hydrogen) atoms. The number of nitrogens with zero attached hydrogens (tertiary/aromatic N) is 3. The minimum absolute atomic E-state index is 0.348. The smallest absolute Gasteiger partial charge is 0.229 e. The highest BCUT2D eigenvalue weighted by atomic mass is 16.5. The van der Waals surface area contributed by atoms with E-state index >= 15 is 0 Å². The molecule has 1 aliphatic carbocycles. The quantitative estimate of drug-likeness (QED) is 0.366. The number of hydrogen-bond donors (Lipinski definition) is 3. The molecule has 0 aliphatic heterocycles. The Morgan fingerprint density at radius 3 is 2.65 bits per heavy atom. The lowest BCUT2D eigenvalue weighted by Gasteiger charge is -2.23. The average Bonchev–Trinajstić information content (AvgIpc) is 3.28. The summed E-state index contributed by atoms with van der Waals surface area (Å²) in [6.07, 6.45) is 10.1. The van der Waals surface area contributed by atoms with Gasteiger partial charge in [-0.15, -0.1) is 0 Å². The van der Waals surface area contributed by atoms with Crippen LogP contribution in [0.25, 0.3) is 10.9 Å². The number of aromatic amines is 1. The zero-order valence-corrected chi connectivity index (χ0v) is 17.6. The van der Waals surface area contributed by atoms with Crippen LogP contribution >= 0.6 is 0 Å². The van der Waals surface area contributed by atoms with Crippen molar-refractivity contribution in [1.82, 2.24) is 20.2 Å². The zero-order valence-electron chi connectivity index (χ0n) is 17.6. The van der Waals surface area contributed by atoms with Gasteiger partial charge in [-0.05, 0) is 69.0 Å². The first-order valence-corrected chi connectivity index (χ1v) is 10.8. The number of anilines is 4. The van der Waals surface area contributed by atoms with Gasteiger partial charge in [-0.3, -0.25) is 5.10 Å². The Kier molecular flexibility index (Phi) is 5.39. The van der Waals surface area contributed by atoms with Crippen LogP contribution in [0.3, 0.4) is 0 Å².